The van der Waals surface area contributed by atoms with E-state index in [4.69, 9.17) is 0 Å². The maximum Gasteiger partial charge on any atom is 0.337 e. The zero-order chi connectivity index (χ0) is 17.7. The van der Waals surface area contributed by atoms with Crippen LogP contribution in [0, 0.1) is 0 Å². The third-order valence-electron chi connectivity index (χ3n) is 4.01. The Morgan fingerprint density at radius 3 is 1.75 bits per heavy atom. The Morgan fingerprint density at radius 1 is 0.833 bits per heavy atom. The summed E-state index contributed by atoms with van der Waals surface area (Å²) in [6.07, 6.45) is 5.68. The molecule has 1 amide bonds. The van der Waals surface area contributed by atoms with Crippen molar-refractivity contribution in [3.05, 3.63) is 56.8 Å². The van der Waals surface area contributed by atoms with Gasteiger partial charge in [-0.15, -0.1) is 13.2 Å². The van der Waals surface area contributed by atoms with Crippen molar-refractivity contribution in [2.24, 2.45) is 0 Å². The minimum atomic E-state index is -0.796. The molecule has 1 aromatic rings. The molecule has 0 aliphatic carbocycles. The van der Waals surface area contributed by atoms with E-state index in [0.29, 0.717) is 13.1 Å². The highest BCUT2D eigenvalue weighted by Gasteiger charge is 2.21. The van der Waals surface area contributed by atoms with Gasteiger partial charge < -0.3 is 4.90 Å². The molecule has 8 nitrogen and oxygen atoms in total. The Labute approximate surface area is 138 Å². The number of carbonyl (C=O) groups excluding carboxylic acids is 1. The second-order valence-electron chi connectivity index (χ2n) is 5.67. The van der Waals surface area contributed by atoms with E-state index in [2.05, 4.69) is 13.2 Å². The van der Waals surface area contributed by atoms with Gasteiger partial charge in [-0.05, 0) is 19.3 Å². The molecule has 0 bridgehead atoms. The zero-order valence-electron chi connectivity index (χ0n) is 13.6. The molecule has 1 fully saturated rings. The lowest BCUT2D eigenvalue weighted by Gasteiger charge is -2.26. The molecule has 2 heterocycles. The van der Waals surface area contributed by atoms with Crippen molar-refractivity contribution >= 4 is 5.91 Å². The molecule has 8 heteroatoms. The van der Waals surface area contributed by atoms with Gasteiger partial charge in [0.25, 0.3) is 0 Å². The number of rotatable bonds is 6. The number of aromatic nitrogens is 3. The van der Waals surface area contributed by atoms with Crippen molar-refractivity contribution in [1.82, 2.24) is 18.6 Å². The van der Waals surface area contributed by atoms with Crippen molar-refractivity contribution in [2.45, 2.75) is 38.9 Å². The van der Waals surface area contributed by atoms with E-state index in [9.17, 15) is 19.2 Å². The second kappa shape index (κ2) is 7.76. The van der Waals surface area contributed by atoms with E-state index in [1.165, 1.54) is 12.2 Å². The Morgan fingerprint density at radius 2 is 1.29 bits per heavy atom. The summed E-state index contributed by atoms with van der Waals surface area (Å²) in [6, 6.07) is 0. The van der Waals surface area contributed by atoms with Gasteiger partial charge in [-0.25, -0.2) is 28.1 Å². The highest BCUT2D eigenvalue weighted by Crippen LogP contribution is 2.08. The minimum absolute atomic E-state index is 0.0347. The van der Waals surface area contributed by atoms with E-state index >= 15 is 0 Å². The molecule has 0 aromatic carbocycles. The minimum Gasteiger partial charge on any atom is -0.341 e. The maximum absolute atomic E-state index is 12.4. The third-order valence-corrected chi connectivity index (χ3v) is 4.01. The Hall–Kier alpha value is -2.64. The van der Waals surface area contributed by atoms with Gasteiger partial charge in [0, 0.05) is 13.1 Å². The van der Waals surface area contributed by atoms with Crippen molar-refractivity contribution < 1.29 is 4.79 Å². The Bertz CT molecular complexity index is 761. The summed E-state index contributed by atoms with van der Waals surface area (Å²) in [5.41, 5.74) is -2.32. The number of piperidine rings is 1. The molecule has 130 valence electrons. The fraction of sp³-hybridized carbons (Fsp3) is 0.500. The molecule has 0 spiro atoms. The third kappa shape index (κ3) is 3.47. The van der Waals surface area contributed by atoms with Crippen LogP contribution in [0.1, 0.15) is 19.3 Å². The lowest BCUT2D eigenvalue weighted by atomic mass is 10.1. The van der Waals surface area contributed by atoms with E-state index in [0.717, 1.165) is 33.0 Å². The standard InChI is InChI=1S/C16H22N4O4/c1-3-8-18-14(22)19(9-4-2)16(24)20(15(18)23)12-13(21)17-10-6-5-7-11-17/h3-4H,1-2,5-12H2. The Kier molecular flexibility index (Phi) is 5.73. The molecule has 1 aliphatic rings. The van der Waals surface area contributed by atoms with Crippen LogP contribution in [0.2, 0.25) is 0 Å². The van der Waals surface area contributed by atoms with Crippen LogP contribution >= 0.6 is 0 Å². The fourth-order valence-electron chi connectivity index (χ4n) is 2.77. The highest BCUT2D eigenvalue weighted by atomic mass is 16.2. The number of hydrogen-bond donors (Lipinski definition) is 0. The van der Waals surface area contributed by atoms with Crippen LogP contribution in [0.4, 0.5) is 0 Å². The smallest absolute Gasteiger partial charge is 0.337 e. The van der Waals surface area contributed by atoms with Crippen molar-refractivity contribution in [2.75, 3.05) is 13.1 Å². The fourth-order valence-corrected chi connectivity index (χ4v) is 2.77. The lowest BCUT2D eigenvalue weighted by Crippen LogP contribution is -2.56. The summed E-state index contributed by atoms with van der Waals surface area (Å²) in [5.74, 6) is -0.289. The number of allylic oxidation sites excluding steroid dienone is 2. The first kappa shape index (κ1) is 17.7. The molecule has 0 saturated carbocycles. The average Bonchev–Trinajstić information content (AvgIpc) is 2.60. The van der Waals surface area contributed by atoms with Gasteiger partial charge in [-0.3, -0.25) is 4.79 Å². The summed E-state index contributed by atoms with van der Waals surface area (Å²) in [5, 5.41) is 0. The van der Waals surface area contributed by atoms with Crippen LogP contribution in [0.3, 0.4) is 0 Å². The first-order valence-corrected chi connectivity index (χ1v) is 7.95. The molecular formula is C16H22N4O4. The number of likely N-dealkylation sites (tertiary alicyclic amines) is 1. The normalized spacial score (nSPS) is 14.4. The van der Waals surface area contributed by atoms with E-state index in [1.54, 1.807) is 4.90 Å². The monoisotopic (exact) mass is 334 g/mol. The topological polar surface area (TPSA) is 86.3 Å². The number of carbonyl (C=O) groups is 1. The molecule has 1 aliphatic heterocycles. The van der Waals surface area contributed by atoms with Crippen molar-refractivity contribution in [3.8, 4) is 0 Å². The highest BCUT2D eigenvalue weighted by molar-refractivity contribution is 5.76. The van der Waals surface area contributed by atoms with Crippen LogP contribution < -0.4 is 17.1 Å². The Balaban J connectivity index is 2.48. The lowest BCUT2D eigenvalue weighted by molar-refractivity contribution is -0.132. The summed E-state index contributed by atoms with van der Waals surface area (Å²) >= 11 is 0. The summed E-state index contributed by atoms with van der Waals surface area (Å²) in [6.45, 7) is 7.83. The quantitative estimate of drug-likeness (QED) is 0.660. The van der Waals surface area contributed by atoms with E-state index < -0.39 is 17.1 Å². The van der Waals surface area contributed by atoms with Gasteiger partial charge in [-0.1, -0.05) is 12.2 Å². The number of amides is 1. The van der Waals surface area contributed by atoms with Crippen LogP contribution in [0.25, 0.3) is 0 Å². The zero-order valence-corrected chi connectivity index (χ0v) is 13.6. The predicted molar refractivity (Wildman–Crippen MR) is 90.0 cm³/mol. The maximum atomic E-state index is 12.4. The average molecular weight is 334 g/mol. The van der Waals surface area contributed by atoms with Crippen LogP contribution in [0.15, 0.2) is 39.7 Å². The molecule has 0 unspecified atom stereocenters. The van der Waals surface area contributed by atoms with Crippen LogP contribution in [-0.2, 0) is 24.4 Å². The molecular weight excluding hydrogens is 312 g/mol. The predicted octanol–water partition coefficient (Wildman–Crippen LogP) is -0.444. The van der Waals surface area contributed by atoms with Crippen LogP contribution in [0.5, 0.6) is 0 Å². The SMILES string of the molecule is C=CCn1c(=O)n(CC=C)c(=O)n(CC(=O)N2CCCCC2)c1=O. The molecule has 24 heavy (non-hydrogen) atoms. The molecule has 0 radical (unpaired) electrons. The van der Waals surface area contributed by atoms with E-state index in [-0.39, 0.29) is 25.5 Å². The largest absolute Gasteiger partial charge is 0.341 e. The number of nitrogens with zero attached hydrogens (tertiary/aromatic N) is 4. The van der Waals surface area contributed by atoms with Gasteiger partial charge in [0.1, 0.15) is 6.54 Å². The summed E-state index contributed by atoms with van der Waals surface area (Å²) in [4.78, 5) is 51.2. The molecule has 2 rings (SSSR count). The van der Waals surface area contributed by atoms with E-state index in [1.807, 2.05) is 0 Å². The summed E-state index contributed by atoms with van der Waals surface area (Å²) < 4.78 is 2.59. The van der Waals surface area contributed by atoms with Gasteiger partial charge in [0.05, 0.1) is 13.1 Å². The molecule has 0 N–H and O–H groups in total. The van der Waals surface area contributed by atoms with Crippen molar-refractivity contribution in [3.63, 3.8) is 0 Å². The van der Waals surface area contributed by atoms with Gasteiger partial charge in [0.2, 0.25) is 5.91 Å². The summed E-state index contributed by atoms with van der Waals surface area (Å²) in [7, 11) is 0. The first-order chi connectivity index (χ1) is 11.5. The molecule has 1 aromatic heterocycles. The molecule has 0 atom stereocenters. The first-order valence-electron chi connectivity index (χ1n) is 7.95. The van der Waals surface area contributed by atoms with Crippen LogP contribution in [-0.4, -0.2) is 37.6 Å². The number of hydrogen-bond acceptors (Lipinski definition) is 4. The molecule has 1 saturated heterocycles. The van der Waals surface area contributed by atoms with Crippen molar-refractivity contribution in [1.29, 1.82) is 0 Å². The van der Waals surface area contributed by atoms with Gasteiger partial charge in [0.15, 0.2) is 0 Å². The second-order valence-corrected chi connectivity index (χ2v) is 5.67. The van der Waals surface area contributed by atoms with Gasteiger partial charge >= 0.3 is 17.1 Å². The van der Waals surface area contributed by atoms with Gasteiger partial charge in [-0.2, -0.15) is 0 Å².